The van der Waals surface area contributed by atoms with Gasteiger partial charge in [0.2, 0.25) is 5.91 Å². The number of ether oxygens (including phenoxy) is 1. The van der Waals surface area contributed by atoms with Crippen molar-refractivity contribution in [2.45, 2.75) is 45.7 Å². The summed E-state index contributed by atoms with van der Waals surface area (Å²) in [6.07, 6.45) is 2.92. The van der Waals surface area contributed by atoms with E-state index in [1.165, 1.54) is 31.5 Å². The Kier molecular flexibility index (Phi) is 5.92. The van der Waals surface area contributed by atoms with E-state index >= 15 is 0 Å². The number of nitrogens with one attached hydrogen (secondary N) is 1. The van der Waals surface area contributed by atoms with Crippen LogP contribution in [0.15, 0.2) is 24.3 Å². The Morgan fingerprint density at radius 1 is 1.17 bits per heavy atom. The minimum atomic E-state index is -0.223. The Morgan fingerprint density at radius 3 is 2.57 bits per heavy atom. The molecule has 8 heteroatoms. The highest BCUT2D eigenvalue weighted by Gasteiger charge is 2.27. The normalized spacial score (nSPS) is 18.0. The maximum Gasteiger partial charge on any atom is 0.320 e. The molecule has 3 N–H and O–H groups in total. The molecule has 3 heterocycles. The summed E-state index contributed by atoms with van der Waals surface area (Å²) in [4.78, 5) is 25.3. The van der Waals surface area contributed by atoms with E-state index < -0.39 is 0 Å². The lowest BCUT2D eigenvalue weighted by Gasteiger charge is -2.30. The molecule has 0 saturated carbocycles. The molecule has 2 aromatic rings. The second-order valence-electron chi connectivity index (χ2n) is 7.84. The van der Waals surface area contributed by atoms with Crippen molar-refractivity contribution >= 4 is 23.2 Å². The van der Waals surface area contributed by atoms with Crippen LogP contribution in [0.3, 0.4) is 0 Å². The summed E-state index contributed by atoms with van der Waals surface area (Å²) >= 11 is 0. The first kappa shape index (κ1) is 19.1. The van der Waals surface area contributed by atoms with Gasteiger partial charge in [-0.1, -0.05) is 37.6 Å². The number of anilines is 3. The summed E-state index contributed by atoms with van der Waals surface area (Å²) in [5.41, 5.74) is 8.89. The highest BCUT2D eigenvalue weighted by atomic mass is 16.5. The lowest BCUT2D eigenvalue weighted by Crippen LogP contribution is -2.39. The lowest BCUT2D eigenvalue weighted by molar-refractivity contribution is -0.115. The van der Waals surface area contributed by atoms with E-state index in [0.29, 0.717) is 31.1 Å². The average Bonchev–Trinajstić information content (AvgIpc) is 3.23. The van der Waals surface area contributed by atoms with Crippen LogP contribution in [0, 0.1) is 0 Å². The predicted octanol–water partition coefficient (Wildman–Crippen LogP) is 2.79. The molecule has 2 aliphatic rings. The van der Waals surface area contributed by atoms with E-state index in [1.54, 1.807) is 6.92 Å². The van der Waals surface area contributed by atoms with E-state index in [9.17, 15) is 4.79 Å². The van der Waals surface area contributed by atoms with Crippen molar-refractivity contribution in [1.29, 1.82) is 0 Å². The number of fused-ring (bicyclic) bond motifs is 1. The van der Waals surface area contributed by atoms with Gasteiger partial charge in [0.05, 0.1) is 13.2 Å². The summed E-state index contributed by atoms with van der Waals surface area (Å²) in [7, 11) is 0. The van der Waals surface area contributed by atoms with Gasteiger partial charge in [-0.2, -0.15) is 9.97 Å². The molecule has 2 aliphatic heterocycles. The molecule has 160 valence electrons. The van der Waals surface area contributed by atoms with E-state index in [0.717, 1.165) is 12.1 Å². The van der Waals surface area contributed by atoms with Crippen LogP contribution in [0.5, 0.6) is 6.01 Å². The Morgan fingerprint density at radius 2 is 1.87 bits per heavy atom. The monoisotopic (exact) mass is 411 g/mol. The second-order valence-corrected chi connectivity index (χ2v) is 7.84. The maximum absolute atomic E-state index is 12.2. The Labute approximate surface area is 178 Å². The number of benzene rings is 1. The Balaban J connectivity index is 1.48. The van der Waals surface area contributed by atoms with Crippen molar-refractivity contribution < 1.29 is 10.9 Å². The van der Waals surface area contributed by atoms with Crippen LogP contribution in [-0.2, 0) is 17.9 Å². The van der Waals surface area contributed by atoms with Crippen molar-refractivity contribution in [1.82, 2.24) is 14.9 Å². The SMILES string of the molecule is [2H][C@H](C)CCOc1nc(N)c2c(n1)N(Cc1ccc(CN3CCCC3)cc1)CC(=O)N2. The van der Waals surface area contributed by atoms with Crippen molar-refractivity contribution in [3.8, 4) is 6.01 Å². The van der Waals surface area contributed by atoms with Crippen LogP contribution >= 0.6 is 0 Å². The van der Waals surface area contributed by atoms with E-state index in [1.807, 2.05) is 4.90 Å². The summed E-state index contributed by atoms with van der Waals surface area (Å²) in [6.45, 7) is 6.19. The average molecular weight is 412 g/mol. The molecule has 0 aliphatic carbocycles. The first-order chi connectivity index (χ1) is 15.0. The number of nitrogens with two attached hydrogens (primary N) is 1. The molecule has 1 aromatic heterocycles. The zero-order valence-electron chi connectivity index (χ0n) is 18.4. The number of likely N-dealkylation sites (tertiary alicyclic amines) is 1. The number of amides is 1. The molecule has 0 bridgehead atoms. The highest BCUT2D eigenvalue weighted by Crippen LogP contribution is 2.34. The third-order valence-corrected chi connectivity index (χ3v) is 5.43. The Bertz CT molecular complexity index is 915. The molecule has 1 fully saturated rings. The second kappa shape index (κ2) is 9.30. The summed E-state index contributed by atoms with van der Waals surface area (Å²) in [5, 5.41) is 2.77. The maximum atomic E-state index is 12.2. The smallest absolute Gasteiger partial charge is 0.320 e. The number of nitrogens with zero attached hydrogens (tertiary/aromatic N) is 4. The summed E-state index contributed by atoms with van der Waals surface area (Å²) in [6, 6.07) is 8.69. The zero-order valence-corrected chi connectivity index (χ0v) is 17.4. The van der Waals surface area contributed by atoms with Gasteiger partial charge >= 0.3 is 6.01 Å². The van der Waals surface area contributed by atoms with E-state index in [4.69, 9.17) is 11.8 Å². The van der Waals surface area contributed by atoms with Crippen LogP contribution in [0.2, 0.25) is 0 Å². The molecule has 4 rings (SSSR count). The number of nitrogen functional groups attached to an aromatic ring is 1. The molecule has 30 heavy (non-hydrogen) atoms. The number of hydrogen-bond acceptors (Lipinski definition) is 7. The molecule has 1 saturated heterocycles. The molecule has 0 unspecified atom stereocenters. The molecule has 8 nitrogen and oxygen atoms in total. The third-order valence-electron chi connectivity index (χ3n) is 5.43. The van der Waals surface area contributed by atoms with Crippen LogP contribution in [-0.4, -0.2) is 47.0 Å². The van der Waals surface area contributed by atoms with Crippen LogP contribution < -0.4 is 20.7 Å². The van der Waals surface area contributed by atoms with Gasteiger partial charge in [0.1, 0.15) is 5.69 Å². The van der Waals surface area contributed by atoms with Gasteiger partial charge in [0, 0.05) is 14.5 Å². The summed E-state index contributed by atoms with van der Waals surface area (Å²) in [5.74, 6) is 0.588. The van der Waals surface area contributed by atoms with E-state index in [-0.39, 0.29) is 30.7 Å². The number of aromatic nitrogens is 2. The van der Waals surface area contributed by atoms with Gasteiger partial charge < -0.3 is 20.7 Å². The lowest BCUT2D eigenvalue weighted by atomic mass is 10.1. The fourth-order valence-corrected chi connectivity index (χ4v) is 3.85. The van der Waals surface area contributed by atoms with Gasteiger partial charge in [0.25, 0.3) is 0 Å². The number of rotatable bonds is 8. The highest BCUT2D eigenvalue weighted by molar-refractivity contribution is 6.03. The number of hydrogen-bond donors (Lipinski definition) is 2. The predicted molar refractivity (Wildman–Crippen MR) is 117 cm³/mol. The first-order valence-electron chi connectivity index (χ1n) is 11.1. The number of carbonyl (C=O) groups excluding carboxylic acids is 1. The fourth-order valence-electron chi connectivity index (χ4n) is 3.85. The van der Waals surface area contributed by atoms with Gasteiger partial charge in [-0.3, -0.25) is 9.69 Å². The fraction of sp³-hybridized carbons (Fsp3) is 0.500. The quantitative estimate of drug-likeness (QED) is 0.689. The summed E-state index contributed by atoms with van der Waals surface area (Å²) < 4.78 is 13.2. The van der Waals surface area contributed by atoms with Crippen molar-refractivity contribution in [3.63, 3.8) is 0 Å². The van der Waals surface area contributed by atoms with Crippen molar-refractivity contribution in [2.24, 2.45) is 0 Å². The van der Waals surface area contributed by atoms with Crippen LogP contribution in [0.25, 0.3) is 0 Å². The third kappa shape index (κ3) is 4.81. The van der Waals surface area contributed by atoms with Gasteiger partial charge in [-0.15, -0.1) is 0 Å². The molecule has 0 spiro atoms. The van der Waals surface area contributed by atoms with Crippen molar-refractivity contribution in [3.05, 3.63) is 35.4 Å². The topological polar surface area (TPSA) is 96.6 Å². The molecular weight excluding hydrogens is 380 g/mol. The van der Waals surface area contributed by atoms with Crippen LogP contribution in [0.4, 0.5) is 17.3 Å². The minimum absolute atomic E-state index is 0.148. The standard InChI is InChI=1S/C22H30N6O2/c1-2-3-12-30-22-25-20(23)19-21(26-22)28(15-18(29)24-19)14-17-8-6-16(7-9-17)13-27-10-4-5-11-27/h6-9H,2-5,10-15H2,1H3,(H,24,29)(H2,23,25,26)/i2D/t2-/m1/s1. The van der Waals surface area contributed by atoms with E-state index in [2.05, 4.69) is 44.5 Å². The molecule has 0 radical (unpaired) electrons. The van der Waals surface area contributed by atoms with Crippen molar-refractivity contribution in [2.75, 3.05) is 42.2 Å². The minimum Gasteiger partial charge on any atom is -0.463 e. The molecular formula is C22H30N6O2. The molecule has 1 atom stereocenters. The first-order valence-corrected chi connectivity index (χ1v) is 10.6. The van der Waals surface area contributed by atoms with Crippen LogP contribution in [0.1, 0.15) is 45.1 Å². The molecule has 1 aromatic carbocycles. The zero-order chi connectivity index (χ0) is 21.8. The van der Waals surface area contributed by atoms with Gasteiger partial charge in [-0.25, -0.2) is 0 Å². The Hall–Kier alpha value is -2.87. The molecule has 1 amide bonds. The van der Waals surface area contributed by atoms with Gasteiger partial charge in [0.15, 0.2) is 11.6 Å². The van der Waals surface area contributed by atoms with Gasteiger partial charge in [-0.05, 0) is 43.5 Å². The largest absolute Gasteiger partial charge is 0.463 e. The number of carbonyl (C=O) groups is 1.